The molecule has 5 rings (SSSR count). The van der Waals surface area contributed by atoms with Crippen molar-refractivity contribution in [1.82, 2.24) is 9.38 Å². The highest BCUT2D eigenvalue weighted by Gasteiger charge is 2.09. The molecule has 4 heteroatoms. The summed E-state index contributed by atoms with van der Waals surface area (Å²) >= 11 is 0. The molecular formula is C26H19N3O. The molecule has 1 amide bonds. The number of anilines is 1. The number of nitrogens with one attached hydrogen (secondary N) is 1. The topological polar surface area (TPSA) is 46.4 Å². The maximum Gasteiger partial charge on any atom is 0.255 e. The molecular weight excluding hydrogens is 370 g/mol. The van der Waals surface area contributed by atoms with Crippen LogP contribution in [0.1, 0.15) is 10.4 Å². The normalized spacial score (nSPS) is 10.8. The minimum Gasteiger partial charge on any atom is -0.322 e. The third-order valence-corrected chi connectivity index (χ3v) is 5.03. The fourth-order valence-electron chi connectivity index (χ4n) is 3.48. The summed E-state index contributed by atoms with van der Waals surface area (Å²) in [6, 6.07) is 31.4. The largest absolute Gasteiger partial charge is 0.322 e. The lowest BCUT2D eigenvalue weighted by Crippen LogP contribution is -2.11. The van der Waals surface area contributed by atoms with Crippen molar-refractivity contribution in [3.63, 3.8) is 0 Å². The molecule has 0 bridgehead atoms. The molecule has 0 fully saturated rings. The van der Waals surface area contributed by atoms with Crippen LogP contribution in [0.3, 0.4) is 0 Å². The summed E-state index contributed by atoms with van der Waals surface area (Å²) in [4.78, 5) is 17.4. The minimum absolute atomic E-state index is 0.137. The van der Waals surface area contributed by atoms with Crippen LogP contribution in [-0.4, -0.2) is 15.3 Å². The lowest BCUT2D eigenvalue weighted by Gasteiger charge is -2.08. The van der Waals surface area contributed by atoms with Gasteiger partial charge < -0.3 is 9.72 Å². The smallest absolute Gasteiger partial charge is 0.255 e. The number of hydrogen-bond acceptors (Lipinski definition) is 2. The monoisotopic (exact) mass is 389 g/mol. The number of fused-ring (bicyclic) bond motifs is 1. The van der Waals surface area contributed by atoms with E-state index in [0.29, 0.717) is 5.56 Å². The van der Waals surface area contributed by atoms with Gasteiger partial charge in [-0.3, -0.25) is 4.79 Å². The van der Waals surface area contributed by atoms with Gasteiger partial charge in [0.25, 0.3) is 5.91 Å². The zero-order chi connectivity index (χ0) is 20.3. The van der Waals surface area contributed by atoms with Crippen LogP contribution in [0.5, 0.6) is 0 Å². The maximum absolute atomic E-state index is 12.7. The van der Waals surface area contributed by atoms with E-state index in [1.807, 2.05) is 102 Å². The highest BCUT2D eigenvalue weighted by Crippen LogP contribution is 2.23. The quantitative estimate of drug-likeness (QED) is 0.415. The predicted octanol–water partition coefficient (Wildman–Crippen LogP) is 5.92. The van der Waals surface area contributed by atoms with Crippen LogP contribution in [0.15, 0.2) is 109 Å². The first-order valence-electron chi connectivity index (χ1n) is 9.77. The molecule has 2 aromatic heterocycles. The summed E-state index contributed by atoms with van der Waals surface area (Å²) in [5, 5.41) is 2.99. The number of benzene rings is 3. The van der Waals surface area contributed by atoms with Crippen molar-refractivity contribution in [2.24, 2.45) is 0 Å². The summed E-state index contributed by atoms with van der Waals surface area (Å²) in [6.45, 7) is 0. The molecule has 0 aliphatic heterocycles. The van der Waals surface area contributed by atoms with E-state index >= 15 is 0 Å². The van der Waals surface area contributed by atoms with Crippen molar-refractivity contribution >= 4 is 17.2 Å². The zero-order valence-corrected chi connectivity index (χ0v) is 16.2. The van der Waals surface area contributed by atoms with Gasteiger partial charge in [0, 0.05) is 29.2 Å². The second kappa shape index (κ2) is 7.68. The number of hydrogen-bond donors (Lipinski definition) is 1. The van der Waals surface area contributed by atoms with E-state index in [9.17, 15) is 4.79 Å². The second-order valence-corrected chi connectivity index (χ2v) is 7.07. The fourth-order valence-corrected chi connectivity index (χ4v) is 3.48. The summed E-state index contributed by atoms with van der Waals surface area (Å²) < 4.78 is 1.98. The molecule has 4 nitrogen and oxygen atoms in total. The molecule has 0 radical (unpaired) electrons. The van der Waals surface area contributed by atoms with Crippen LogP contribution >= 0.6 is 0 Å². The molecule has 5 aromatic rings. The van der Waals surface area contributed by atoms with E-state index in [4.69, 9.17) is 0 Å². The Morgan fingerprint density at radius 2 is 1.47 bits per heavy atom. The van der Waals surface area contributed by atoms with E-state index in [1.54, 1.807) is 0 Å². The first kappa shape index (κ1) is 17.9. The van der Waals surface area contributed by atoms with Gasteiger partial charge in [0.2, 0.25) is 0 Å². The van der Waals surface area contributed by atoms with Crippen molar-refractivity contribution in [2.75, 3.05) is 5.32 Å². The van der Waals surface area contributed by atoms with E-state index in [2.05, 4.69) is 22.4 Å². The number of carbonyl (C=O) groups excluding carboxylic acids is 1. The van der Waals surface area contributed by atoms with Gasteiger partial charge in [0.15, 0.2) is 0 Å². The lowest BCUT2D eigenvalue weighted by molar-refractivity contribution is 0.102. The Balaban J connectivity index is 1.35. The molecule has 2 heterocycles. The molecule has 0 atom stereocenters. The lowest BCUT2D eigenvalue weighted by atomic mass is 10.0. The molecule has 1 N–H and O–H groups in total. The molecule has 0 saturated heterocycles. The molecule has 144 valence electrons. The Labute approximate surface area is 174 Å². The van der Waals surface area contributed by atoms with Crippen molar-refractivity contribution < 1.29 is 4.79 Å². The van der Waals surface area contributed by atoms with E-state index in [-0.39, 0.29) is 5.91 Å². The standard InChI is InChI=1S/C26H19N3O/c30-26(21-14-12-20(13-15-21)19-7-2-1-3-8-19)27-23-10-6-9-22(17-23)24-18-29-16-5-4-11-25(29)28-24/h1-18H,(H,27,30). The number of nitrogens with zero attached hydrogens (tertiary/aromatic N) is 2. The third kappa shape index (κ3) is 3.59. The summed E-state index contributed by atoms with van der Waals surface area (Å²) in [7, 11) is 0. The first-order valence-corrected chi connectivity index (χ1v) is 9.77. The number of imidazole rings is 1. The van der Waals surface area contributed by atoms with Gasteiger partial charge in [0.05, 0.1) is 5.69 Å². The second-order valence-electron chi connectivity index (χ2n) is 7.07. The van der Waals surface area contributed by atoms with E-state index in [1.165, 1.54) is 0 Å². The highest BCUT2D eigenvalue weighted by molar-refractivity contribution is 6.04. The zero-order valence-electron chi connectivity index (χ0n) is 16.2. The molecule has 30 heavy (non-hydrogen) atoms. The van der Waals surface area contributed by atoms with Crippen molar-refractivity contribution in [3.05, 3.63) is 115 Å². The van der Waals surface area contributed by atoms with Crippen LogP contribution in [0.2, 0.25) is 0 Å². The first-order chi connectivity index (χ1) is 14.8. The number of aromatic nitrogens is 2. The Hall–Kier alpha value is -4.18. The molecule has 0 aliphatic rings. The number of pyridine rings is 1. The van der Waals surface area contributed by atoms with Gasteiger partial charge in [-0.1, -0.05) is 60.7 Å². The average Bonchev–Trinajstić information content (AvgIpc) is 3.24. The van der Waals surface area contributed by atoms with Crippen LogP contribution in [0, 0.1) is 0 Å². The molecule has 0 unspecified atom stereocenters. The van der Waals surface area contributed by atoms with E-state index in [0.717, 1.165) is 33.7 Å². The predicted molar refractivity (Wildman–Crippen MR) is 120 cm³/mol. The summed E-state index contributed by atoms with van der Waals surface area (Å²) in [5.41, 5.74) is 6.28. The number of rotatable bonds is 4. The summed E-state index contributed by atoms with van der Waals surface area (Å²) in [5.74, 6) is -0.137. The van der Waals surface area contributed by atoms with Crippen molar-refractivity contribution in [1.29, 1.82) is 0 Å². The van der Waals surface area contributed by atoms with Crippen LogP contribution in [-0.2, 0) is 0 Å². The highest BCUT2D eigenvalue weighted by atomic mass is 16.1. The van der Waals surface area contributed by atoms with Crippen LogP contribution < -0.4 is 5.32 Å². The van der Waals surface area contributed by atoms with Crippen molar-refractivity contribution in [2.45, 2.75) is 0 Å². The Kier molecular flexibility index (Phi) is 4.58. The van der Waals surface area contributed by atoms with Gasteiger partial charge >= 0.3 is 0 Å². The molecule has 0 aliphatic carbocycles. The van der Waals surface area contributed by atoms with Gasteiger partial charge in [-0.2, -0.15) is 0 Å². The van der Waals surface area contributed by atoms with Gasteiger partial charge in [-0.25, -0.2) is 4.98 Å². The van der Waals surface area contributed by atoms with Crippen LogP contribution in [0.25, 0.3) is 28.0 Å². The number of carbonyl (C=O) groups is 1. The third-order valence-electron chi connectivity index (χ3n) is 5.03. The Morgan fingerprint density at radius 3 is 2.27 bits per heavy atom. The van der Waals surface area contributed by atoms with Crippen molar-refractivity contribution in [3.8, 4) is 22.4 Å². The fraction of sp³-hybridized carbons (Fsp3) is 0. The Morgan fingerprint density at radius 1 is 0.733 bits per heavy atom. The minimum atomic E-state index is -0.137. The van der Waals surface area contributed by atoms with Gasteiger partial charge in [-0.05, 0) is 47.5 Å². The molecule has 3 aromatic carbocycles. The molecule has 0 saturated carbocycles. The SMILES string of the molecule is O=C(Nc1cccc(-c2cn3ccccc3n2)c1)c1ccc(-c2ccccc2)cc1. The average molecular weight is 389 g/mol. The Bertz CT molecular complexity index is 1290. The number of amides is 1. The van der Waals surface area contributed by atoms with Crippen LogP contribution in [0.4, 0.5) is 5.69 Å². The maximum atomic E-state index is 12.7. The molecule has 0 spiro atoms. The van der Waals surface area contributed by atoms with Gasteiger partial charge in [-0.15, -0.1) is 0 Å². The van der Waals surface area contributed by atoms with E-state index < -0.39 is 0 Å². The van der Waals surface area contributed by atoms with Gasteiger partial charge in [0.1, 0.15) is 5.65 Å². The summed E-state index contributed by atoms with van der Waals surface area (Å²) in [6.07, 6.45) is 3.95.